The fraction of sp³-hybridized carbons (Fsp3) is 0.333. The molecule has 0 fully saturated rings. The number of phenols is 1. The van der Waals surface area contributed by atoms with Gasteiger partial charge < -0.3 is 15.9 Å². The first kappa shape index (κ1) is 10.9. The Balaban J connectivity index is 3.20. The number of hydrogen-bond donors (Lipinski definition) is 3. The number of aliphatic hydroxyl groups excluding tert-OH is 1. The Morgan fingerprint density at radius 1 is 1.36 bits per heavy atom. The molecule has 0 saturated carbocycles. The van der Waals surface area contributed by atoms with Crippen LogP contribution in [0.1, 0.15) is 18.5 Å². The molecule has 14 heavy (non-hydrogen) atoms. The van der Waals surface area contributed by atoms with E-state index in [0.717, 1.165) is 6.07 Å². The fourth-order valence-electron chi connectivity index (χ4n) is 1.14. The number of nitrogens with two attached hydrogens (primary N) is 1. The fourth-order valence-corrected chi connectivity index (χ4v) is 1.14. The molecule has 2 atom stereocenters. The van der Waals surface area contributed by atoms with Crippen LogP contribution in [0.2, 0.25) is 0 Å². The molecule has 0 aliphatic heterocycles. The van der Waals surface area contributed by atoms with Crippen LogP contribution in [0.3, 0.4) is 0 Å². The number of aromatic hydroxyl groups is 1. The third kappa shape index (κ3) is 2.00. The van der Waals surface area contributed by atoms with Crippen LogP contribution in [0.5, 0.6) is 5.75 Å². The minimum Gasteiger partial charge on any atom is -0.507 e. The molecule has 78 valence electrons. The molecule has 0 heterocycles. The standard InChI is InChI=1S/C9H11F2NO2/c1-4(13)9(12)8-6(11)2-5(10)3-7(8)14/h2-4,9,13-14H,12H2,1H3/t4-,9-/m1/s1. The highest BCUT2D eigenvalue weighted by atomic mass is 19.1. The zero-order valence-electron chi connectivity index (χ0n) is 7.54. The molecule has 0 amide bonds. The van der Waals surface area contributed by atoms with Crippen molar-refractivity contribution in [1.29, 1.82) is 0 Å². The molecule has 0 aliphatic carbocycles. The van der Waals surface area contributed by atoms with Crippen molar-refractivity contribution < 1.29 is 19.0 Å². The lowest BCUT2D eigenvalue weighted by Gasteiger charge is -2.17. The van der Waals surface area contributed by atoms with E-state index < -0.39 is 29.5 Å². The van der Waals surface area contributed by atoms with Gasteiger partial charge in [0.05, 0.1) is 12.1 Å². The van der Waals surface area contributed by atoms with Crippen LogP contribution < -0.4 is 5.73 Å². The second-order valence-electron chi connectivity index (χ2n) is 3.09. The van der Waals surface area contributed by atoms with Crippen molar-refractivity contribution in [3.63, 3.8) is 0 Å². The van der Waals surface area contributed by atoms with Crippen LogP contribution in [0.4, 0.5) is 8.78 Å². The zero-order chi connectivity index (χ0) is 10.9. The molecule has 0 saturated heterocycles. The summed E-state index contributed by atoms with van der Waals surface area (Å²) in [6.45, 7) is 1.35. The van der Waals surface area contributed by atoms with Crippen molar-refractivity contribution in [1.82, 2.24) is 0 Å². The number of benzene rings is 1. The van der Waals surface area contributed by atoms with Crippen LogP contribution in [-0.2, 0) is 0 Å². The highest BCUT2D eigenvalue weighted by Gasteiger charge is 2.21. The van der Waals surface area contributed by atoms with Gasteiger partial charge in [-0.2, -0.15) is 0 Å². The Kier molecular flexibility index (Phi) is 3.03. The lowest BCUT2D eigenvalue weighted by Crippen LogP contribution is -2.24. The Morgan fingerprint density at radius 3 is 2.36 bits per heavy atom. The van der Waals surface area contributed by atoms with E-state index in [1.165, 1.54) is 6.92 Å². The average molecular weight is 203 g/mol. The minimum absolute atomic E-state index is 0.276. The van der Waals surface area contributed by atoms with E-state index in [0.29, 0.717) is 6.07 Å². The number of hydrogen-bond acceptors (Lipinski definition) is 3. The van der Waals surface area contributed by atoms with Crippen molar-refractivity contribution in [2.75, 3.05) is 0 Å². The Hall–Kier alpha value is -1.20. The van der Waals surface area contributed by atoms with Crippen molar-refractivity contribution in [3.8, 4) is 5.75 Å². The first-order chi connectivity index (χ1) is 6.43. The molecule has 4 N–H and O–H groups in total. The van der Waals surface area contributed by atoms with Crippen LogP contribution in [0, 0.1) is 11.6 Å². The van der Waals surface area contributed by atoms with Gasteiger partial charge in [-0.15, -0.1) is 0 Å². The van der Waals surface area contributed by atoms with Gasteiger partial charge in [0.1, 0.15) is 17.4 Å². The van der Waals surface area contributed by atoms with E-state index in [1.54, 1.807) is 0 Å². The summed E-state index contributed by atoms with van der Waals surface area (Å²) in [5, 5.41) is 18.3. The average Bonchev–Trinajstić information content (AvgIpc) is 2.01. The first-order valence-corrected chi connectivity index (χ1v) is 4.05. The third-order valence-corrected chi connectivity index (χ3v) is 1.93. The van der Waals surface area contributed by atoms with E-state index in [2.05, 4.69) is 0 Å². The van der Waals surface area contributed by atoms with Gasteiger partial charge in [0.25, 0.3) is 0 Å². The van der Waals surface area contributed by atoms with Gasteiger partial charge in [-0.3, -0.25) is 0 Å². The maximum Gasteiger partial charge on any atom is 0.134 e. The second kappa shape index (κ2) is 3.89. The molecule has 0 radical (unpaired) electrons. The van der Waals surface area contributed by atoms with Gasteiger partial charge in [-0.1, -0.05) is 0 Å². The third-order valence-electron chi connectivity index (χ3n) is 1.93. The minimum atomic E-state index is -1.07. The van der Waals surface area contributed by atoms with Gasteiger partial charge in [-0.05, 0) is 6.92 Å². The van der Waals surface area contributed by atoms with Crippen molar-refractivity contribution in [3.05, 3.63) is 29.3 Å². The highest BCUT2D eigenvalue weighted by Crippen LogP contribution is 2.28. The summed E-state index contributed by atoms with van der Waals surface area (Å²) in [5.41, 5.74) is 5.14. The summed E-state index contributed by atoms with van der Waals surface area (Å²) in [6.07, 6.45) is -1.03. The molecular weight excluding hydrogens is 192 g/mol. The molecule has 5 heteroatoms. The molecule has 1 aromatic rings. The van der Waals surface area contributed by atoms with Crippen LogP contribution in [0.15, 0.2) is 12.1 Å². The van der Waals surface area contributed by atoms with E-state index in [9.17, 15) is 13.9 Å². The molecule has 1 rings (SSSR count). The smallest absolute Gasteiger partial charge is 0.134 e. The Bertz CT molecular complexity index is 319. The van der Waals surface area contributed by atoms with Crippen LogP contribution in [0.25, 0.3) is 0 Å². The predicted octanol–water partition coefficient (Wildman–Crippen LogP) is 1.05. The molecule has 1 aromatic carbocycles. The summed E-state index contributed by atoms with van der Waals surface area (Å²) in [7, 11) is 0. The number of halogens is 2. The number of phenolic OH excluding ortho intramolecular Hbond substituents is 1. The zero-order valence-corrected chi connectivity index (χ0v) is 7.54. The summed E-state index contributed by atoms with van der Waals surface area (Å²) in [6, 6.07) is 0.286. The Labute approximate surface area is 79.8 Å². The van der Waals surface area contributed by atoms with E-state index in [1.807, 2.05) is 0 Å². The van der Waals surface area contributed by atoms with Crippen molar-refractivity contribution in [2.45, 2.75) is 19.1 Å². The summed E-state index contributed by atoms with van der Waals surface area (Å²) in [4.78, 5) is 0. The van der Waals surface area contributed by atoms with Gasteiger partial charge in [-0.25, -0.2) is 8.78 Å². The maximum atomic E-state index is 13.1. The molecule has 0 bridgehead atoms. The van der Waals surface area contributed by atoms with Gasteiger partial charge in [0.2, 0.25) is 0 Å². The first-order valence-electron chi connectivity index (χ1n) is 4.05. The highest BCUT2D eigenvalue weighted by molar-refractivity contribution is 5.36. The van der Waals surface area contributed by atoms with Crippen molar-refractivity contribution in [2.24, 2.45) is 5.73 Å². The van der Waals surface area contributed by atoms with Gasteiger partial charge in [0, 0.05) is 17.7 Å². The topological polar surface area (TPSA) is 66.5 Å². The van der Waals surface area contributed by atoms with E-state index in [-0.39, 0.29) is 5.56 Å². The monoisotopic (exact) mass is 203 g/mol. The second-order valence-corrected chi connectivity index (χ2v) is 3.09. The Morgan fingerprint density at radius 2 is 1.93 bits per heavy atom. The summed E-state index contributed by atoms with van der Waals surface area (Å²) >= 11 is 0. The molecule has 3 nitrogen and oxygen atoms in total. The normalized spacial score (nSPS) is 15.2. The maximum absolute atomic E-state index is 13.1. The number of rotatable bonds is 2. The van der Waals surface area contributed by atoms with E-state index >= 15 is 0 Å². The molecule has 0 aliphatic rings. The quantitative estimate of drug-likeness (QED) is 0.673. The molecule has 0 unspecified atom stereocenters. The number of aliphatic hydroxyl groups is 1. The summed E-state index contributed by atoms with van der Waals surface area (Å²) in [5.74, 6) is -2.44. The van der Waals surface area contributed by atoms with E-state index in [4.69, 9.17) is 10.8 Å². The van der Waals surface area contributed by atoms with Crippen LogP contribution >= 0.6 is 0 Å². The summed E-state index contributed by atoms with van der Waals surface area (Å²) < 4.78 is 25.7. The van der Waals surface area contributed by atoms with Crippen LogP contribution in [-0.4, -0.2) is 16.3 Å². The largest absolute Gasteiger partial charge is 0.507 e. The molecular formula is C9H11F2NO2. The SMILES string of the molecule is C[C@@H](O)[C@@H](N)c1c(O)cc(F)cc1F. The lowest BCUT2D eigenvalue weighted by atomic mass is 10.0. The van der Waals surface area contributed by atoms with Gasteiger partial charge in [0.15, 0.2) is 0 Å². The predicted molar refractivity (Wildman–Crippen MR) is 46.6 cm³/mol. The lowest BCUT2D eigenvalue weighted by molar-refractivity contribution is 0.160. The molecule has 0 spiro atoms. The van der Waals surface area contributed by atoms with Crippen molar-refractivity contribution >= 4 is 0 Å². The molecule has 0 aromatic heterocycles. The van der Waals surface area contributed by atoms with Gasteiger partial charge >= 0.3 is 0 Å².